The molecule has 1 aliphatic rings. The van der Waals surface area contributed by atoms with Crippen molar-refractivity contribution in [2.45, 2.75) is 32.4 Å². The molecule has 1 fully saturated rings. The Bertz CT molecular complexity index is 780. The lowest BCUT2D eigenvalue weighted by Gasteiger charge is -2.21. The second kappa shape index (κ2) is 6.19. The Balaban J connectivity index is 1.87. The Kier molecular flexibility index (Phi) is 4.24. The van der Waals surface area contributed by atoms with Crippen LogP contribution in [0.15, 0.2) is 12.3 Å². The second-order valence-electron chi connectivity index (χ2n) is 5.71. The van der Waals surface area contributed by atoms with E-state index in [0.29, 0.717) is 23.0 Å². The maximum atomic E-state index is 8.89. The van der Waals surface area contributed by atoms with E-state index in [1.54, 1.807) is 6.07 Å². The minimum atomic E-state index is -0.0859. The minimum Gasteiger partial charge on any atom is -0.371 e. The number of aryl methyl sites for hydroxylation is 2. The van der Waals surface area contributed by atoms with Gasteiger partial charge in [0, 0.05) is 31.1 Å². The SMILES string of the molecule is Cc1nn(C)c(C)c1[C@H]1OCC[C@@H]1Nc1ncc(C#N)cc1Cl. The van der Waals surface area contributed by atoms with E-state index in [1.807, 2.05) is 31.6 Å². The highest BCUT2D eigenvalue weighted by molar-refractivity contribution is 6.33. The molecule has 23 heavy (non-hydrogen) atoms. The lowest BCUT2D eigenvalue weighted by molar-refractivity contribution is 0.106. The van der Waals surface area contributed by atoms with Gasteiger partial charge in [-0.2, -0.15) is 10.4 Å². The van der Waals surface area contributed by atoms with Crippen molar-refractivity contribution in [1.29, 1.82) is 5.26 Å². The number of anilines is 1. The third-order valence-electron chi connectivity index (χ3n) is 4.23. The molecule has 3 rings (SSSR count). The Morgan fingerprint density at radius 2 is 2.26 bits per heavy atom. The highest BCUT2D eigenvalue weighted by Crippen LogP contribution is 2.35. The van der Waals surface area contributed by atoms with Crippen LogP contribution in [0.25, 0.3) is 0 Å². The molecule has 0 unspecified atom stereocenters. The third-order valence-corrected chi connectivity index (χ3v) is 4.52. The third kappa shape index (κ3) is 2.90. The molecular weight excluding hydrogens is 314 g/mol. The molecule has 2 atom stereocenters. The van der Waals surface area contributed by atoms with Crippen LogP contribution in [0.4, 0.5) is 5.82 Å². The van der Waals surface area contributed by atoms with Gasteiger partial charge in [0.05, 0.1) is 22.3 Å². The summed E-state index contributed by atoms with van der Waals surface area (Å²) in [6, 6.07) is 3.71. The number of nitriles is 1. The van der Waals surface area contributed by atoms with Gasteiger partial charge in [0.2, 0.25) is 0 Å². The summed E-state index contributed by atoms with van der Waals surface area (Å²) in [6.45, 7) is 4.71. The molecular formula is C16H18ClN5O. The van der Waals surface area contributed by atoms with E-state index in [9.17, 15) is 0 Å². The van der Waals surface area contributed by atoms with E-state index < -0.39 is 0 Å². The average molecular weight is 332 g/mol. The molecule has 0 aliphatic carbocycles. The first-order valence-corrected chi connectivity index (χ1v) is 7.83. The van der Waals surface area contributed by atoms with Crippen LogP contribution in [-0.2, 0) is 11.8 Å². The molecule has 2 aromatic rings. The summed E-state index contributed by atoms with van der Waals surface area (Å²) in [4.78, 5) is 4.25. The van der Waals surface area contributed by atoms with Crippen LogP contribution < -0.4 is 5.32 Å². The molecule has 120 valence electrons. The average Bonchev–Trinajstić information content (AvgIpc) is 3.06. The number of rotatable bonds is 3. The van der Waals surface area contributed by atoms with Gasteiger partial charge < -0.3 is 10.1 Å². The topological polar surface area (TPSA) is 75.8 Å². The first-order chi connectivity index (χ1) is 11.0. The summed E-state index contributed by atoms with van der Waals surface area (Å²) in [5, 5.41) is 17.2. The van der Waals surface area contributed by atoms with E-state index in [4.69, 9.17) is 21.6 Å². The van der Waals surface area contributed by atoms with Crippen molar-refractivity contribution < 1.29 is 4.74 Å². The van der Waals surface area contributed by atoms with Crippen LogP contribution in [0, 0.1) is 25.2 Å². The fourth-order valence-electron chi connectivity index (χ4n) is 3.00. The number of hydrogen-bond donors (Lipinski definition) is 1. The zero-order valence-corrected chi connectivity index (χ0v) is 14.1. The summed E-state index contributed by atoms with van der Waals surface area (Å²) in [6.07, 6.45) is 2.29. The predicted octanol–water partition coefficient (Wildman–Crippen LogP) is 2.90. The normalized spacial score (nSPS) is 20.5. The fraction of sp³-hybridized carbons (Fsp3) is 0.438. The van der Waals surface area contributed by atoms with Crippen molar-refractivity contribution in [3.63, 3.8) is 0 Å². The van der Waals surface area contributed by atoms with Gasteiger partial charge in [0.15, 0.2) is 0 Å². The highest BCUT2D eigenvalue weighted by Gasteiger charge is 2.34. The van der Waals surface area contributed by atoms with Gasteiger partial charge in [-0.3, -0.25) is 4.68 Å². The van der Waals surface area contributed by atoms with E-state index in [0.717, 1.165) is 23.4 Å². The molecule has 3 heterocycles. The maximum Gasteiger partial charge on any atom is 0.145 e. The van der Waals surface area contributed by atoms with Gasteiger partial charge in [-0.15, -0.1) is 0 Å². The first-order valence-electron chi connectivity index (χ1n) is 7.45. The first kappa shape index (κ1) is 15.8. The predicted molar refractivity (Wildman–Crippen MR) is 87.4 cm³/mol. The number of ether oxygens (including phenoxy) is 1. The lowest BCUT2D eigenvalue weighted by atomic mass is 10.0. The van der Waals surface area contributed by atoms with Gasteiger partial charge in [0.25, 0.3) is 0 Å². The molecule has 1 saturated heterocycles. The Morgan fingerprint density at radius 1 is 1.48 bits per heavy atom. The van der Waals surface area contributed by atoms with Crippen LogP contribution in [0.3, 0.4) is 0 Å². The van der Waals surface area contributed by atoms with E-state index in [2.05, 4.69) is 15.4 Å². The monoisotopic (exact) mass is 331 g/mol. The quantitative estimate of drug-likeness (QED) is 0.935. The number of pyridine rings is 1. The zero-order chi connectivity index (χ0) is 16.6. The van der Waals surface area contributed by atoms with Crippen LogP contribution in [0.5, 0.6) is 0 Å². The van der Waals surface area contributed by atoms with Crippen LogP contribution in [0.1, 0.15) is 35.0 Å². The smallest absolute Gasteiger partial charge is 0.145 e. The van der Waals surface area contributed by atoms with Crippen LogP contribution in [-0.4, -0.2) is 27.4 Å². The van der Waals surface area contributed by atoms with Gasteiger partial charge in [-0.05, 0) is 26.3 Å². The fourth-order valence-corrected chi connectivity index (χ4v) is 3.23. The molecule has 2 aromatic heterocycles. The molecule has 0 radical (unpaired) electrons. The molecule has 0 bridgehead atoms. The molecule has 1 aliphatic heterocycles. The van der Waals surface area contributed by atoms with Crippen LogP contribution in [0.2, 0.25) is 5.02 Å². The summed E-state index contributed by atoms with van der Waals surface area (Å²) in [7, 11) is 1.93. The Labute approximate surface area is 140 Å². The summed E-state index contributed by atoms with van der Waals surface area (Å²) < 4.78 is 7.82. The zero-order valence-electron chi connectivity index (χ0n) is 13.3. The summed E-state index contributed by atoms with van der Waals surface area (Å²) in [5.41, 5.74) is 3.63. The number of hydrogen-bond acceptors (Lipinski definition) is 5. The molecule has 0 spiro atoms. The number of nitrogens with zero attached hydrogens (tertiary/aromatic N) is 4. The van der Waals surface area contributed by atoms with Crippen molar-refractivity contribution in [3.8, 4) is 6.07 Å². The summed E-state index contributed by atoms with van der Waals surface area (Å²) >= 11 is 6.21. The van der Waals surface area contributed by atoms with E-state index in [-0.39, 0.29) is 12.1 Å². The molecule has 6 nitrogen and oxygen atoms in total. The molecule has 7 heteroatoms. The van der Waals surface area contributed by atoms with Gasteiger partial charge in [-0.25, -0.2) is 4.98 Å². The largest absolute Gasteiger partial charge is 0.371 e. The number of aromatic nitrogens is 3. The van der Waals surface area contributed by atoms with Gasteiger partial charge in [0.1, 0.15) is 18.0 Å². The van der Waals surface area contributed by atoms with Crippen molar-refractivity contribution in [2.24, 2.45) is 7.05 Å². The number of nitrogens with one attached hydrogen (secondary N) is 1. The molecule has 0 aromatic carbocycles. The second-order valence-corrected chi connectivity index (χ2v) is 6.11. The van der Waals surface area contributed by atoms with Gasteiger partial charge >= 0.3 is 0 Å². The van der Waals surface area contributed by atoms with Crippen molar-refractivity contribution in [2.75, 3.05) is 11.9 Å². The number of halogens is 1. The lowest BCUT2D eigenvalue weighted by Crippen LogP contribution is -2.24. The minimum absolute atomic E-state index is 0.0644. The molecule has 0 amide bonds. The summed E-state index contributed by atoms with van der Waals surface area (Å²) in [5.74, 6) is 0.574. The standard InChI is InChI=1S/C16H18ClN5O/c1-9-14(10(2)22(3)21-9)15-13(4-5-23-15)20-16-12(17)6-11(7-18)8-19-16/h6,8,13,15H,4-5H2,1-3H3,(H,19,20)/t13-,15-/m0/s1. The molecule has 0 saturated carbocycles. The van der Waals surface area contributed by atoms with E-state index >= 15 is 0 Å². The van der Waals surface area contributed by atoms with E-state index in [1.165, 1.54) is 6.20 Å². The Hall–Kier alpha value is -2.10. The highest BCUT2D eigenvalue weighted by atomic mass is 35.5. The van der Waals surface area contributed by atoms with Crippen molar-refractivity contribution in [1.82, 2.24) is 14.8 Å². The maximum absolute atomic E-state index is 8.89. The van der Waals surface area contributed by atoms with Crippen molar-refractivity contribution in [3.05, 3.63) is 39.8 Å². The Morgan fingerprint density at radius 3 is 2.87 bits per heavy atom. The molecule has 1 N–H and O–H groups in total. The van der Waals surface area contributed by atoms with Gasteiger partial charge in [-0.1, -0.05) is 11.6 Å². The van der Waals surface area contributed by atoms with Crippen LogP contribution >= 0.6 is 11.6 Å². The van der Waals surface area contributed by atoms with Crippen molar-refractivity contribution >= 4 is 17.4 Å².